The summed E-state index contributed by atoms with van der Waals surface area (Å²) in [6.45, 7) is 13.0. The molecule has 0 saturated carbocycles. The Morgan fingerprint density at radius 2 is 1.90 bits per heavy atom. The van der Waals surface area contributed by atoms with Gasteiger partial charge >= 0.3 is 0 Å². The fourth-order valence-electron chi connectivity index (χ4n) is 2.77. The maximum absolute atomic E-state index is 6.43. The van der Waals surface area contributed by atoms with Crippen molar-refractivity contribution in [2.24, 2.45) is 0 Å². The Labute approximate surface area is 134 Å². The molecule has 0 amide bonds. The minimum absolute atomic E-state index is 0.641. The van der Waals surface area contributed by atoms with Crippen molar-refractivity contribution >= 4 is 17.3 Å². The molecule has 0 aliphatic carbocycles. The molecule has 0 aromatic heterocycles. The number of anilines is 1. The topological polar surface area (TPSA) is 18.5 Å². The van der Waals surface area contributed by atoms with Gasteiger partial charge in [0.05, 0.1) is 0 Å². The quantitative estimate of drug-likeness (QED) is 0.813. The monoisotopic (exact) mass is 309 g/mol. The molecule has 1 fully saturated rings. The Balaban J connectivity index is 1.94. The van der Waals surface area contributed by atoms with Crippen LogP contribution in [0.25, 0.3) is 0 Å². The van der Waals surface area contributed by atoms with Gasteiger partial charge in [-0.15, -0.1) is 0 Å². The van der Waals surface area contributed by atoms with Gasteiger partial charge in [-0.2, -0.15) is 0 Å². The predicted molar refractivity (Wildman–Crippen MR) is 92.4 cm³/mol. The molecular weight excluding hydrogens is 282 g/mol. The highest BCUT2D eigenvalue weighted by Crippen LogP contribution is 2.25. The summed E-state index contributed by atoms with van der Waals surface area (Å²) in [5.74, 6) is 0. The van der Waals surface area contributed by atoms with Crippen molar-refractivity contribution in [2.45, 2.75) is 39.8 Å². The summed E-state index contributed by atoms with van der Waals surface area (Å²) >= 11 is 6.43. The van der Waals surface area contributed by atoms with Crippen molar-refractivity contribution in [2.75, 3.05) is 37.6 Å². The molecule has 1 N–H and O–H groups in total. The van der Waals surface area contributed by atoms with E-state index in [1.807, 2.05) is 0 Å². The summed E-state index contributed by atoms with van der Waals surface area (Å²) in [4.78, 5) is 4.97. The molecule has 2 rings (SSSR count). The number of rotatable bonds is 6. The fourth-order valence-corrected chi connectivity index (χ4v) is 3.01. The molecule has 1 aromatic rings. The Morgan fingerprint density at radius 1 is 1.19 bits per heavy atom. The van der Waals surface area contributed by atoms with Crippen LogP contribution < -0.4 is 10.2 Å². The largest absolute Gasteiger partial charge is 0.369 e. The number of nitrogens with one attached hydrogen (secondary N) is 1. The van der Waals surface area contributed by atoms with Crippen LogP contribution in [-0.4, -0.2) is 43.7 Å². The van der Waals surface area contributed by atoms with Gasteiger partial charge in [-0.3, -0.25) is 4.90 Å². The second-order valence-corrected chi connectivity index (χ2v) is 6.48. The van der Waals surface area contributed by atoms with Crippen LogP contribution in [0.15, 0.2) is 18.2 Å². The van der Waals surface area contributed by atoms with E-state index in [-0.39, 0.29) is 0 Å². The molecule has 0 atom stereocenters. The summed E-state index contributed by atoms with van der Waals surface area (Å²) in [6, 6.07) is 7.13. The lowest BCUT2D eigenvalue weighted by Crippen LogP contribution is -2.48. The number of piperazine rings is 1. The van der Waals surface area contributed by atoms with E-state index in [2.05, 4.69) is 54.1 Å². The molecule has 1 heterocycles. The molecule has 1 aromatic carbocycles. The number of halogens is 1. The van der Waals surface area contributed by atoms with E-state index in [0.29, 0.717) is 6.04 Å². The molecule has 0 unspecified atom stereocenters. The second-order valence-electron chi connectivity index (χ2n) is 6.07. The van der Waals surface area contributed by atoms with Gasteiger partial charge in [0.2, 0.25) is 0 Å². The van der Waals surface area contributed by atoms with Crippen molar-refractivity contribution in [3.05, 3.63) is 28.8 Å². The van der Waals surface area contributed by atoms with Gasteiger partial charge in [-0.05, 0) is 44.5 Å². The maximum atomic E-state index is 6.43. The summed E-state index contributed by atoms with van der Waals surface area (Å²) in [6.07, 6.45) is 1.15. The number of hydrogen-bond donors (Lipinski definition) is 1. The van der Waals surface area contributed by atoms with E-state index in [1.165, 1.54) is 11.3 Å². The van der Waals surface area contributed by atoms with Crippen molar-refractivity contribution in [1.29, 1.82) is 0 Å². The molecule has 0 bridgehead atoms. The van der Waals surface area contributed by atoms with Gasteiger partial charge in [-0.25, -0.2) is 0 Å². The first-order chi connectivity index (χ1) is 10.1. The minimum atomic E-state index is 0.641. The first-order valence-corrected chi connectivity index (χ1v) is 8.47. The Morgan fingerprint density at radius 3 is 2.48 bits per heavy atom. The molecule has 4 heteroatoms. The van der Waals surface area contributed by atoms with Gasteiger partial charge in [0.25, 0.3) is 0 Å². The number of nitrogens with zero attached hydrogens (tertiary/aromatic N) is 2. The third kappa shape index (κ3) is 4.60. The molecule has 1 aliphatic heterocycles. The molecule has 21 heavy (non-hydrogen) atoms. The van der Waals surface area contributed by atoms with Crippen molar-refractivity contribution in [1.82, 2.24) is 10.2 Å². The highest BCUT2D eigenvalue weighted by atomic mass is 35.5. The fraction of sp³-hybridized carbons (Fsp3) is 0.647. The van der Waals surface area contributed by atoms with Gasteiger partial charge in [0.1, 0.15) is 0 Å². The minimum Gasteiger partial charge on any atom is -0.369 e. The first-order valence-electron chi connectivity index (χ1n) is 8.10. The summed E-state index contributed by atoms with van der Waals surface area (Å²) in [5, 5.41) is 4.28. The molecule has 0 radical (unpaired) electrons. The van der Waals surface area contributed by atoms with Gasteiger partial charge in [0, 0.05) is 49.5 Å². The lowest BCUT2D eigenvalue weighted by molar-refractivity contribution is 0.209. The molecule has 1 saturated heterocycles. The van der Waals surface area contributed by atoms with Gasteiger partial charge in [-0.1, -0.05) is 24.6 Å². The Kier molecular flexibility index (Phi) is 6.34. The Bertz CT molecular complexity index is 440. The zero-order valence-corrected chi connectivity index (χ0v) is 14.3. The lowest BCUT2D eigenvalue weighted by atomic mass is 10.1. The SMILES string of the molecule is CCCNCc1ccc(N2CCN(C(C)C)CC2)cc1Cl. The van der Waals surface area contributed by atoms with E-state index in [1.54, 1.807) is 0 Å². The van der Waals surface area contributed by atoms with E-state index in [0.717, 1.165) is 50.7 Å². The van der Waals surface area contributed by atoms with Crippen LogP contribution in [0, 0.1) is 0 Å². The third-order valence-corrected chi connectivity index (χ3v) is 4.54. The smallest absolute Gasteiger partial charge is 0.0471 e. The first kappa shape index (κ1) is 16.6. The van der Waals surface area contributed by atoms with Crippen LogP contribution in [0.4, 0.5) is 5.69 Å². The van der Waals surface area contributed by atoms with E-state index >= 15 is 0 Å². The van der Waals surface area contributed by atoms with Crippen molar-refractivity contribution < 1.29 is 0 Å². The van der Waals surface area contributed by atoms with Crippen LogP contribution in [0.5, 0.6) is 0 Å². The molecule has 0 spiro atoms. The Hall–Kier alpha value is -0.770. The van der Waals surface area contributed by atoms with Gasteiger partial charge in [0.15, 0.2) is 0 Å². The third-order valence-electron chi connectivity index (χ3n) is 4.19. The highest BCUT2D eigenvalue weighted by molar-refractivity contribution is 6.31. The molecular formula is C17H28ClN3. The standard InChI is InChI=1S/C17H28ClN3/c1-4-7-19-13-15-5-6-16(12-17(15)18)21-10-8-20(9-11-21)14(2)3/h5-6,12,14,19H,4,7-11,13H2,1-3H3. The summed E-state index contributed by atoms with van der Waals surface area (Å²) in [5.41, 5.74) is 2.44. The van der Waals surface area contributed by atoms with Gasteiger partial charge < -0.3 is 10.2 Å². The lowest BCUT2D eigenvalue weighted by Gasteiger charge is -2.38. The average molecular weight is 310 g/mol. The maximum Gasteiger partial charge on any atom is 0.0471 e. The average Bonchev–Trinajstić information content (AvgIpc) is 2.49. The summed E-state index contributed by atoms with van der Waals surface area (Å²) < 4.78 is 0. The van der Waals surface area contributed by atoms with Crippen molar-refractivity contribution in [3.63, 3.8) is 0 Å². The van der Waals surface area contributed by atoms with Crippen LogP contribution in [0.2, 0.25) is 5.02 Å². The highest BCUT2D eigenvalue weighted by Gasteiger charge is 2.19. The second kappa shape index (κ2) is 8.02. The molecule has 3 nitrogen and oxygen atoms in total. The molecule has 1 aliphatic rings. The predicted octanol–water partition coefficient (Wildman–Crippen LogP) is 3.37. The summed E-state index contributed by atoms with van der Waals surface area (Å²) in [7, 11) is 0. The van der Waals surface area contributed by atoms with Crippen LogP contribution in [0.3, 0.4) is 0 Å². The normalized spacial score (nSPS) is 16.7. The molecule has 118 valence electrons. The van der Waals surface area contributed by atoms with E-state index < -0.39 is 0 Å². The van der Waals surface area contributed by atoms with Crippen LogP contribution >= 0.6 is 11.6 Å². The zero-order chi connectivity index (χ0) is 15.2. The van der Waals surface area contributed by atoms with E-state index in [4.69, 9.17) is 11.6 Å². The number of hydrogen-bond acceptors (Lipinski definition) is 3. The van der Waals surface area contributed by atoms with Crippen molar-refractivity contribution in [3.8, 4) is 0 Å². The number of benzene rings is 1. The van der Waals surface area contributed by atoms with Crippen LogP contribution in [0.1, 0.15) is 32.8 Å². The van der Waals surface area contributed by atoms with Crippen LogP contribution in [-0.2, 0) is 6.54 Å². The van der Waals surface area contributed by atoms with E-state index in [9.17, 15) is 0 Å². The zero-order valence-electron chi connectivity index (χ0n) is 13.5.